The van der Waals surface area contributed by atoms with E-state index in [0.717, 1.165) is 29.7 Å². The number of nitrogens with one attached hydrogen (secondary N) is 1. The quantitative estimate of drug-likeness (QED) is 0.668. The number of nitrogens with zero attached hydrogens (tertiary/aromatic N) is 5. The lowest BCUT2D eigenvalue weighted by molar-refractivity contribution is -0.119. The fourth-order valence-electron chi connectivity index (χ4n) is 3.73. The van der Waals surface area contributed by atoms with Crippen molar-refractivity contribution in [2.45, 2.75) is 24.8 Å². The van der Waals surface area contributed by atoms with Gasteiger partial charge in [0.2, 0.25) is 5.91 Å². The molecule has 8 nitrogen and oxygen atoms in total. The summed E-state index contributed by atoms with van der Waals surface area (Å²) in [5.41, 5.74) is 2.44. The van der Waals surface area contributed by atoms with Crippen LogP contribution in [0, 0.1) is 5.92 Å². The van der Waals surface area contributed by atoms with E-state index in [1.165, 1.54) is 0 Å². The smallest absolute Gasteiger partial charge is 0.260 e. The summed E-state index contributed by atoms with van der Waals surface area (Å²) in [5.74, 6) is -3.92. The van der Waals surface area contributed by atoms with Crippen molar-refractivity contribution in [2.24, 2.45) is 13.0 Å². The van der Waals surface area contributed by atoms with Gasteiger partial charge in [0.25, 0.3) is 5.92 Å². The molecule has 3 aromatic rings. The van der Waals surface area contributed by atoms with Crippen molar-refractivity contribution in [2.75, 3.05) is 25.5 Å². The van der Waals surface area contributed by atoms with Gasteiger partial charge >= 0.3 is 0 Å². The van der Waals surface area contributed by atoms with Crippen LogP contribution in [0.1, 0.15) is 12.8 Å². The number of halogens is 2. The Bertz CT molecular complexity index is 1120. The second-order valence-electron chi connectivity index (χ2n) is 8.04. The SMILES string of the molecule is CN1CC[C@@H]1COc1cnn(C)c1-c1ccn2nc(NC(=O)C3CC3(F)F)cc2c1. The monoisotopic (exact) mass is 416 g/mol. The molecule has 0 radical (unpaired) electrons. The van der Waals surface area contributed by atoms with Crippen molar-refractivity contribution < 1.29 is 18.3 Å². The maximum Gasteiger partial charge on any atom is 0.260 e. The van der Waals surface area contributed by atoms with Crippen LogP contribution in [0.2, 0.25) is 0 Å². The fraction of sp³-hybridized carbons (Fsp3) is 0.450. The molecule has 1 unspecified atom stereocenters. The van der Waals surface area contributed by atoms with Gasteiger partial charge in [-0.25, -0.2) is 13.3 Å². The topological polar surface area (TPSA) is 76.7 Å². The number of carbonyl (C=O) groups is 1. The van der Waals surface area contributed by atoms with Gasteiger partial charge in [-0.3, -0.25) is 14.4 Å². The van der Waals surface area contributed by atoms with E-state index in [1.54, 1.807) is 27.7 Å². The molecule has 4 heterocycles. The van der Waals surface area contributed by atoms with Crippen LogP contribution >= 0.6 is 0 Å². The molecule has 3 aromatic heterocycles. The van der Waals surface area contributed by atoms with Gasteiger partial charge in [-0.2, -0.15) is 10.2 Å². The van der Waals surface area contributed by atoms with Crippen LogP contribution in [0.15, 0.2) is 30.6 Å². The molecule has 1 N–H and O–H groups in total. The minimum atomic E-state index is -2.90. The third kappa shape index (κ3) is 3.30. The summed E-state index contributed by atoms with van der Waals surface area (Å²) in [4.78, 5) is 14.2. The molecule has 0 spiro atoms. The first kappa shape index (κ1) is 19.0. The first-order valence-corrected chi connectivity index (χ1v) is 9.85. The van der Waals surface area contributed by atoms with E-state index in [9.17, 15) is 13.6 Å². The van der Waals surface area contributed by atoms with Crippen molar-refractivity contribution >= 4 is 17.2 Å². The molecule has 1 aliphatic carbocycles. The van der Waals surface area contributed by atoms with Gasteiger partial charge in [0.15, 0.2) is 11.6 Å². The lowest BCUT2D eigenvalue weighted by Crippen LogP contribution is -2.48. The lowest BCUT2D eigenvalue weighted by atomic mass is 10.1. The zero-order chi connectivity index (χ0) is 21.0. The molecule has 1 aliphatic heterocycles. The zero-order valence-electron chi connectivity index (χ0n) is 16.7. The van der Waals surface area contributed by atoms with Gasteiger partial charge in [0.1, 0.15) is 18.2 Å². The van der Waals surface area contributed by atoms with Crippen molar-refractivity contribution in [1.29, 1.82) is 0 Å². The molecule has 158 valence electrons. The molecule has 10 heteroatoms. The highest BCUT2D eigenvalue weighted by molar-refractivity contribution is 5.95. The number of aromatic nitrogens is 4. The highest BCUT2D eigenvalue weighted by atomic mass is 19.3. The Balaban J connectivity index is 1.36. The summed E-state index contributed by atoms with van der Waals surface area (Å²) < 4.78 is 35.6. The summed E-state index contributed by atoms with van der Waals surface area (Å²) >= 11 is 0. The Morgan fingerprint density at radius 2 is 2.17 bits per heavy atom. The van der Waals surface area contributed by atoms with Gasteiger partial charge in [0, 0.05) is 37.3 Å². The number of fused-ring (bicyclic) bond motifs is 1. The number of anilines is 1. The van der Waals surface area contributed by atoms with Crippen molar-refractivity contribution in [3.05, 3.63) is 30.6 Å². The number of hydrogen-bond donors (Lipinski definition) is 1. The van der Waals surface area contributed by atoms with Crippen molar-refractivity contribution in [1.82, 2.24) is 24.3 Å². The van der Waals surface area contributed by atoms with Crippen LogP contribution in [0.4, 0.5) is 14.6 Å². The van der Waals surface area contributed by atoms with E-state index in [4.69, 9.17) is 4.74 Å². The van der Waals surface area contributed by atoms with Crippen LogP contribution in [0.25, 0.3) is 16.8 Å². The molecule has 0 aromatic carbocycles. The molecule has 1 saturated heterocycles. The summed E-state index contributed by atoms with van der Waals surface area (Å²) in [7, 11) is 3.93. The minimum absolute atomic E-state index is 0.245. The standard InChI is InChI=1S/C20H22F2N6O2/c1-26-5-4-13(26)11-30-16-10-23-27(2)18(16)12-3-6-28-14(7-12)8-17(25-28)24-19(29)15-9-20(15,21)22/h3,6-8,10,13,15H,4-5,9,11H2,1-2H3,(H,24,25,29)/t13-,15?/m1/s1. The summed E-state index contributed by atoms with van der Waals surface area (Å²) in [6, 6.07) is 5.84. The van der Waals surface area contributed by atoms with Gasteiger partial charge in [-0.15, -0.1) is 0 Å². The normalized spacial score (nSPS) is 22.7. The lowest BCUT2D eigenvalue weighted by Gasteiger charge is -2.37. The highest BCUT2D eigenvalue weighted by Gasteiger charge is 2.61. The molecule has 2 atom stereocenters. The number of rotatable bonds is 6. The largest absolute Gasteiger partial charge is 0.488 e. The Kier molecular flexibility index (Phi) is 4.28. The number of likely N-dealkylation sites (tertiary alicyclic amines) is 1. The van der Waals surface area contributed by atoms with E-state index in [1.807, 2.05) is 19.2 Å². The number of alkyl halides is 2. The molecule has 2 aliphatic rings. The Hall–Kier alpha value is -3.01. The average molecular weight is 416 g/mol. The maximum absolute atomic E-state index is 13.1. The minimum Gasteiger partial charge on any atom is -0.488 e. The average Bonchev–Trinajstić information content (AvgIpc) is 3.00. The second kappa shape index (κ2) is 6.76. The van der Waals surface area contributed by atoms with Crippen molar-refractivity contribution in [3.63, 3.8) is 0 Å². The number of carbonyl (C=O) groups excluding carboxylic acids is 1. The van der Waals surface area contributed by atoms with Gasteiger partial charge < -0.3 is 10.1 Å². The maximum atomic E-state index is 13.1. The van der Waals surface area contributed by atoms with Crippen LogP contribution in [-0.2, 0) is 11.8 Å². The zero-order valence-corrected chi connectivity index (χ0v) is 16.7. The van der Waals surface area contributed by atoms with E-state index < -0.39 is 24.2 Å². The number of amides is 1. The molecule has 1 saturated carbocycles. The Labute approximate surface area is 171 Å². The van der Waals surface area contributed by atoms with Gasteiger partial charge in [-0.1, -0.05) is 0 Å². The molecule has 1 amide bonds. The van der Waals surface area contributed by atoms with Gasteiger partial charge in [-0.05, 0) is 32.1 Å². The predicted molar refractivity (Wildman–Crippen MR) is 106 cm³/mol. The number of likely N-dealkylation sites (N-methyl/N-ethyl adjacent to an activating group) is 1. The Morgan fingerprint density at radius 3 is 2.83 bits per heavy atom. The summed E-state index contributed by atoms with van der Waals surface area (Å²) in [5, 5.41) is 11.0. The van der Waals surface area contributed by atoms with E-state index in [0.29, 0.717) is 18.4 Å². The summed E-state index contributed by atoms with van der Waals surface area (Å²) in [6.07, 6.45) is 4.17. The molecule has 0 bridgehead atoms. The molecular formula is C20H22F2N6O2. The van der Waals surface area contributed by atoms with Crippen molar-refractivity contribution in [3.8, 4) is 17.0 Å². The molecule has 2 fully saturated rings. The third-order valence-corrected chi connectivity index (χ3v) is 5.91. The first-order valence-electron chi connectivity index (χ1n) is 9.85. The Morgan fingerprint density at radius 1 is 1.37 bits per heavy atom. The van der Waals surface area contributed by atoms with E-state index in [-0.39, 0.29) is 5.82 Å². The number of pyridine rings is 1. The fourth-order valence-corrected chi connectivity index (χ4v) is 3.73. The van der Waals surface area contributed by atoms with Crippen LogP contribution < -0.4 is 10.1 Å². The number of hydrogen-bond acceptors (Lipinski definition) is 5. The second-order valence-corrected chi connectivity index (χ2v) is 8.04. The molecular weight excluding hydrogens is 394 g/mol. The van der Waals surface area contributed by atoms with E-state index >= 15 is 0 Å². The predicted octanol–water partition coefficient (Wildman–Crippen LogP) is 2.41. The van der Waals surface area contributed by atoms with Crippen LogP contribution in [-0.4, -0.2) is 62.4 Å². The molecule has 5 rings (SSSR count). The first-order chi connectivity index (χ1) is 14.3. The third-order valence-electron chi connectivity index (χ3n) is 5.91. The van der Waals surface area contributed by atoms with Crippen LogP contribution in [0.3, 0.4) is 0 Å². The van der Waals surface area contributed by atoms with E-state index in [2.05, 4.69) is 27.5 Å². The summed E-state index contributed by atoms with van der Waals surface area (Å²) in [6.45, 7) is 1.69. The van der Waals surface area contributed by atoms with Crippen LogP contribution in [0.5, 0.6) is 5.75 Å². The number of ether oxygens (including phenoxy) is 1. The van der Waals surface area contributed by atoms with Gasteiger partial charge in [0.05, 0.1) is 11.7 Å². The highest BCUT2D eigenvalue weighted by Crippen LogP contribution is 2.49. The molecule has 30 heavy (non-hydrogen) atoms. The number of aryl methyl sites for hydroxylation is 1.